The van der Waals surface area contributed by atoms with Gasteiger partial charge in [0.1, 0.15) is 0 Å². The second kappa shape index (κ2) is 6.94. The van der Waals surface area contributed by atoms with Gasteiger partial charge < -0.3 is 14.5 Å². The number of anilines is 1. The third kappa shape index (κ3) is 3.56. The van der Waals surface area contributed by atoms with Gasteiger partial charge in [0.15, 0.2) is 0 Å². The second-order valence-electron chi connectivity index (χ2n) is 6.02. The Kier molecular flexibility index (Phi) is 5.23. The number of carbonyl (C=O) groups excluding carboxylic acids is 1. The fraction of sp³-hybridized carbons (Fsp3) is 0.588. The van der Waals surface area contributed by atoms with E-state index in [9.17, 15) is 4.79 Å². The molecule has 0 spiro atoms. The Morgan fingerprint density at radius 1 is 1.10 bits per heavy atom. The van der Waals surface area contributed by atoms with Crippen molar-refractivity contribution in [3.8, 4) is 0 Å². The summed E-state index contributed by atoms with van der Waals surface area (Å²) in [4.78, 5) is 17.1. The summed E-state index contributed by atoms with van der Waals surface area (Å²) in [5.74, 6) is 0.113. The molecular weight excluding hydrogens is 264 g/mol. The first-order valence-electron chi connectivity index (χ1n) is 7.76. The Hall–Kier alpha value is -1.55. The molecule has 4 heteroatoms. The van der Waals surface area contributed by atoms with E-state index in [1.807, 2.05) is 29.2 Å². The van der Waals surface area contributed by atoms with Crippen LogP contribution < -0.4 is 4.90 Å². The molecule has 1 aromatic rings. The molecule has 1 aliphatic rings. The fourth-order valence-corrected chi connectivity index (χ4v) is 2.94. The number of carbonyl (C=O) groups is 1. The lowest BCUT2D eigenvalue weighted by molar-refractivity contribution is 0.0643. The van der Waals surface area contributed by atoms with Gasteiger partial charge >= 0.3 is 0 Å². The van der Waals surface area contributed by atoms with Crippen LogP contribution in [0.15, 0.2) is 24.3 Å². The molecule has 1 saturated heterocycles. The predicted molar refractivity (Wildman–Crippen MR) is 85.9 cm³/mol. The van der Waals surface area contributed by atoms with Crippen LogP contribution in [0.1, 0.15) is 38.1 Å². The van der Waals surface area contributed by atoms with Crippen LogP contribution in [-0.2, 0) is 4.74 Å². The molecule has 0 bridgehead atoms. The van der Waals surface area contributed by atoms with Crippen molar-refractivity contribution in [2.45, 2.75) is 39.8 Å². The lowest BCUT2D eigenvalue weighted by atomic mass is 10.1. The van der Waals surface area contributed by atoms with Crippen LogP contribution >= 0.6 is 0 Å². The fourth-order valence-electron chi connectivity index (χ4n) is 2.94. The molecule has 1 aromatic carbocycles. The highest BCUT2D eigenvalue weighted by atomic mass is 16.5. The van der Waals surface area contributed by atoms with Crippen molar-refractivity contribution in [1.82, 2.24) is 4.90 Å². The van der Waals surface area contributed by atoms with E-state index in [-0.39, 0.29) is 18.0 Å². The van der Waals surface area contributed by atoms with E-state index in [0.717, 1.165) is 37.6 Å². The van der Waals surface area contributed by atoms with Crippen LogP contribution in [0, 0.1) is 0 Å². The maximum Gasteiger partial charge on any atom is 0.256 e. The van der Waals surface area contributed by atoms with Crippen molar-refractivity contribution in [2.75, 3.05) is 31.2 Å². The number of ether oxygens (including phenoxy) is 1. The van der Waals surface area contributed by atoms with Crippen molar-refractivity contribution in [2.24, 2.45) is 0 Å². The highest BCUT2D eigenvalue weighted by molar-refractivity contribution is 6.00. The lowest BCUT2D eigenvalue weighted by Crippen LogP contribution is -2.43. The van der Waals surface area contributed by atoms with Crippen LogP contribution in [0.25, 0.3) is 0 Å². The molecule has 0 aromatic heterocycles. The summed E-state index contributed by atoms with van der Waals surface area (Å²) in [5, 5.41) is 0. The van der Waals surface area contributed by atoms with E-state index in [1.54, 1.807) is 0 Å². The first-order valence-corrected chi connectivity index (χ1v) is 7.76. The zero-order valence-corrected chi connectivity index (χ0v) is 13.5. The molecule has 1 fully saturated rings. The highest BCUT2D eigenvalue weighted by Crippen LogP contribution is 2.24. The third-order valence-electron chi connectivity index (χ3n) is 3.83. The Bertz CT molecular complexity index is 471. The predicted octanol–water partition coefficient (Wildman–Crippen LogP) is 2.78. The second-order valence-corrected chi connectivity index (χ2v) is 6.02. The molecule has 0 saturated carbocycles. The first-order chi connectivity index (χ1) is 10.0. The van der Waals surface area contributed by atoms with Crippen LogP contribution in [-0.4, -0.2) is 49.2 Å². The van der Waals surface area contributed by atoms with E-state index < -0.39 is 0 Å². The van der Waals surface area contributed by atoms with Crippen molar-refractivity contribution < 1.29 is 9.53 Å². The van der Waals surface area contributed by atoms with Gasteiger partial charge in [0.05, 0.1) is 18.8 Å². The number of nitrogens with zero attached hydrogens (tertiary/aromatic N) is 2. The molecule has 2 rings (SSSR count). The van der Waals surface area contributed by atoms with Crippen LogP contribution in [0.4, 0.5) is 5.69 Å². The summed E-state index contributed by atoms with van der Waals surface area (Å²) < 4.78 is 5.41. The molecule has 116 valence electrons. The Balaban J connectivity index is 2.32. The van der Waals surface area contributed by atoms with Gasteiger partial charge in [-0.05, 0) is 39.8 Å². The smallest absolute Gasteiger partial charge is 0.256 e. The van der Waals surface area contributed by atoms with Crippen LogP contribution in [0.2, 0.25) is 0 Å². The maximum absolute atomic E-state index is 13.0. The number of benzene rings is 1. The van der Waals surface area contributed by atoms with Crippen LogP contribution in [0.5, 0.6) is 0 Å². The molecule has 1 aliphatic heterocycles. The number of hydrogen-bond acceptors (Lipinski definition) is 3. The van der Waals surface area contributed by atoms with Gasteiger partial charge in [-0.2, -0.15) is 0 Å². The minimum atomic E-state index is 0.113. The van der Waals surface area contributed by atoms with Crippen molar-refractivity contribution in [3.63, 3.8) is 0 Å². The topological polar surface area (TPSA) is 32.8 Å². The molecule has 0 N–H and O–H groups in total. The van der Waals surface area contributed by atoms with Gasteiger partial charge in [-0.15, -0.1) is 0 Å². The summed E-state index contributed by atoms with van der Waals surface area (Å²) in [6.45, 7) is 11.4. The summed E-state index contributed by atoms with van der Waals surface area (Å²) >= 11 is 0. The number of amides is 1. The molecule has 0 atom stereocenters. The minimum absolute atomic E-state index is 0.113. The maximum atomic E-state index is 13.0. The summed E-state index contributed by atoms with van der Waals surface area (Å²) in [7, 11) is 0. The SMILES string of the molecule is CC(C)N(C(=O)c1ccccc1N1CCOCC1)C(C)C. The van der Waals surface area contributed by atoms with Crippen molar-refractivity contribution in [1.29, 1.82) is 0 Å². The molecule has 0 unspecified atom stereocenters. The average Bonchev–Trinajstić information content (AvgIpc) is 2.47. The van der Waals surface area contributed by atoms with Gasteiger partial charge in [-0.3, -0.25) is 4.79 Å². The Morgan fingerprint density at radius 2 is 1.67 bits per heavy atom. The largest absolute Gasteiger partial charge is 0.378 e. The molecule has 1 amide bonds. The average molecular weight is 290 g/mol. The Morgan fingerprint density at radius 3 is 2.24 bits per heavy atom. The highest BCUT2D eigenvalue weighted by Gasteiger charge is 2.25. The van der Waals surface area contributed by atoms with E-state index in [4.69, 9.17) is 4.74 Å². The zero-order valence-electron chi connectivity index (χ0n) is 13.5. The Labute approximate surface area is 127 Å². The number of morpholine rings is 1. The van der Waals surface area contributed by atoms with Crippen molar-refractivity contribution >= 4 is 11.6 Å². The van der Waals surface area contributed by atoms with Gasteiger partial charge in [0, 0.05) is 30.9 Å². The monoisotopic (exact) mass is 290 g/mol. The molecule has 1 heterocycles. The minimum Gasteiger partial charge on any atom is -0.378 e. The van der Waals surface area contributed by atoms with E-state index in [1.165, 1.54) is 0 Å². The normalized spacial score (nSPS) is 15.6. The summed E-state index contributed by atoms with van der Waals surface area (Å²) in [6.07, 6.45) is 0. The standard InChI is InChI=1S/C17H26N2O2/c1-13(2)19(14(3)4)17(20)15-7-5-6-8-16(15)18-9-11-21-12-10-18/h5-8,13-14H,9-12H2,1-4H3. The van der Waals surface area contributed by atoms with Gasteiger partial charge in [0.2, 0.25) is 0 Å². The van der Waals surface area contributed by atoms with E-state index in [2.05, 4.69) is 32.6 Å². The molecule has 0 aliphatic carbocycles. The molecule has 0 radical (unpaired) electrons. The summed E-state index contributed by atoms with van der Waals surface area (Å²) in [6, 6.07) is 8.29. The molecule has 21 heavy (non-hydrogen) atoms. The quantitative estimate of drug-likeness (QED) is 0.855. The molecule has 4 nitrogen and oxygen atoms in total. The zero-order chi connectivity index (χ0) is 15.4. The van der Waals surface area contributed by atoms with E-state index >= 15 is 0 Å². The van der Waals surface area contributed by atoms with Crippen LogP contribution in [0.3, 0.4) is 0 Å². The lowest BCUT2D eigenvalue weighted by Gasteiger charge is -2.34. The number of para-hydroxylation sites is 1. The van der Waals surface area contributed by atoms with E-state index in [0.29, 0.717) is 0 Å². The number of rotatable bonds is 4. The number of hydrogen-bond donors (Lipinski definition) is 0. The molecular formula is C17H26N2O2. The van der Waals surface area contributed by atoms with Gasteiger partial charge in [0.25, 0.3) is 5.91 Å². The van der Waals surface area contributed by atoms with Gasteiger partial charge in [-0.25, -0.2) is 0 Å². The first kappa shape index (κ1) is 15.8. The van der Waals surface area contributed by atoms with Crippen molar-refractivity contribution in [3.05, 3.63) is 29.8 Å². The third-order valence-corrected chi connectivity index (χ3v) is 3.83. The van der Waals surface area contributed by atoms with Gasteiger partial charge in [-0.1, -0.05) is 12.1 Å². The summed E-state index contributed by atoms with van der Waals surface area (Å²) in [5.41, 5.74) is 1.82.